The van der Waals surface area contributed by atoms with E-state index in [1.165, 1.54) is 0 Å². The lowest BCUT2D eigenvalue weighted by Gasteiger charge is -2.42. The maximum atomic E-state index is 13.4. The third-order valence-electron chi connectivity index (χ3n) is 5.09. The highest BCUT2D eigenvalue weighted by molar-refractivity contribution is 7.10. The molecule has 0 aliphatic carbocycles. The number of ether oxygens (including phenoxy) is 1. The van der Waals surface area contributed by atoms with Crippen molar-refractivity contribution in [2.75, 3.05) is 26.3 Å². The van der Waals surface area contributed by atoms with Crippen LogP contribution in [0, 0.1) is 5.92 Å². The summed E-state index contributed by atoms with van der Waals surface area (Å²) in [6, 6.07) is 11.3. The summed E-state index contributed by atoms with van der Waals surface area (Å²) in [5.41, 5.74) is 1.45. The fraction of sp³-hybridized carbons (Fsp3) is 0.478. The summed E-state index contributed by atoms with van der Waals surface area (Å²) >= 11 is 1.60. The number of hydrogen-bond acceptors (Lipinski definition) is 4. The Morgan fingerprint density at radius 1 is 1.24 bits per heavy atom. The van der Waals surface area contributed by atoms with Crippen LogP contribution >= 0.6 is 11.3 Å². The SMILES string of the molecule is CCOCCCNC(=O)C1c2ccccc2C(=O)N(CC(C)C)C1c1cccs1. The van der Waals surface area contributed by atoms with Crippen molar-refractivity contribution in [3.8, 4) is 0 Å². The fourth-order valence-corrected chi connectivity index (χ4v) is 4.76. The van der Waals surface area contributed by atoms with E-state index in [9.17, 15) is 9.59 Å². The highest BCUT2D eigenvalue weighted by atomic mass is 32.1. The third kappa shape index (κ3) is 4.87. The third-order valence-corrected chi connectivity index (χ3v) is 6.03. The van der Waals surface area contributed by atoms with Gasteiger partial charge in [0.2, 0.25) is 5.91 Å². The van der Waals surface area contributed by atoms with Crippen LogP contribution in [0.5, 0.6) is 0 Å². The van der Waals surface area contributed by atoms with Crippen molar-refractivity contribution in [1.29, 1.82) is 0 Å². The van der Waals surface area contributed by atoms with Crippen molar-refractivity contribution in [3.05, 3.63) is 57.8 Å². The summed E-state index contributed by atoms with van der Waals surface area (Å²) in [4.78, 5) is 29.6. The molecule has 1 N–H and O–H groups in total. The molecule has 0 radical (unpaired) electrons. The first-order valence-corrected chi connectivity index (χ1v) is 11.2. The average molecular weight is 415 g/mol. The molecule has 3 rings (SSSR count). The average Bonchev–Trinajstić information content (AvgIpc) is 3.23. The number of benzene rings is 1. The molecule has 1 aliphatic heterocycles. The van der Waals surface area contributed by atoms with Crippen LogP contribution in [-0.2, 0) is 9.53 Å². The number of rotatable bonds is 9. The Balaban J connectivity index is 1.95. The van der Waals surface area contributed by atoms with Crippen LogP contribution in [0.25, 0.3) is 0 Å². The monoisotopic (exact) mass is 414 g/mol. The van der Waals surface area contributed by atoms with E-state index < -0.39 is 5.92 Å². The van der Waals surface area contributed by atoms with E-state index in [0.717, 1.165) is 16.9 Å². The van der Waals surface area contributed by atoms with Crippen LogP contribution in [0.3, 0.4) is 0 Å². The molecule has 156 valence electrons. The van der Waals surface area contributed by atoms with E-state index in [1.807, 2.05) is 53.6 Å². The Hall–Kier alpha value is -2.18. The van der Waals surface area contributed by atoms with Gasteiger partial charge in [-0.25, -0.2) is 0 Å². The van der Waals surface area contributed by atoms with Crippen molar-refractivity contribution < 1.29 is 14.3 Å². The Bertz CT molecular complexity index is 819. The first-order chi connectivity index (χ1) is 14.0. The predicted octanol–water partition coefficient (Wildman–Crippen LogP) is 4.23. The Labute approximate surface area is 177 Å². The second kappa shape index (κ2) is 10.0. The number of hydrogen-bond donors (Lipinski definition) is 1. The summed E-state index contributed by atoms with van der Waals surface area (Å²) in [5, 5.41) is 5.09. The van der Waals surface area contributed by atoms with Crippen LogP contribution in [0.4, 0.5) is 0 Å². The topological polar surface area (TPSA) is 58.6 Å². The number of thiophene rings is 1. The molecular formula is C23H30N2O3S. The van der Waals surface area contributed by atoms with Crippen LogP contribution in [-0.4, -0.2) is 43.0 Å². The normalized spacial score (nSPS) is 18.8. The minimum Gasteiger partial charge on any atom is -0.382 e. The quantitative estimate of drug-likeness (QED) is 0.625. The molecule has 2 heterocycles. The van der Waals surface area contributed by atoms with E-state index >= 15 is 0 Å². The van der Waals surface area contributed by atoms with Gasteiger partial charge in [-0.3, -0.25) is 9.59 Å². The molecule has 1 aliphatic rings. The molecule has 0 saturated heterocycles. The molecule has 5 nitrogen and oxygen atoms in total. The van der Waals surface area contributed by atoms with Crippen LogP contribution < -0.4 is 5.32 Å². The van der Waals surface area contributed by atoms with Crippen LogP contribution in [0.15, 0.2) is 41.8 Å². The fourth-order valence-electron chi connectivity index (χ4n) is 3.89. The lowest BCUT2D eigenvalue weighted by atomic mass is 9.81. The molecule has 0 fully saturated rings. The molecule has 29 heavy (non-hydrogen) atoms. The van der Waals surface area contributed by atoms with Gasteiger partial charge in [0.15, 0.2) is 0 Å². The number of nitrogens with zero attached hydrogens (tertiary/aromatic N) is 1. The molecule has 2 aromatic rings. The molecule has 6 heteroatoms. The number of amides is 2. The summed E-state index contributed by atoms with van der Waals surface area (Å²) in [7, 11) is 0. The van der Waals surface area contributed by atoms with Gasteiger partial charge in [0.1, 0.15) is 0 Å². The van der Waals surface area contributed by atoms with Crippen molar-refractivity contribution in [2.45, 2.75) is 39.2 Å². The Kier molecular flexibility index (Phi) is 7.45. The molecule has 0 spiro atoms. The number of fused-ring (bicyclic) bond motifs is 1. The van der Waals surface area contributed by atoms with Gasteiger partial charge in [0.25, 0.3) is 5.91 Å². The molecule has 1 aromatic carbocycles. The Morgan fingerprint density at radius 3 is 2.72 bits per heavy atom. The minimum absolute atomic E-state index is 0.00750. The van der Waals surface area contributed by atoms with Gasteiger partial charge in [0, 0.05) is 36.7 Å². The number of carbonyl (C=O) groups excluding carboxylic acids is 2. The predicted molar refractivity (Wildman–Crippen MR) is 116 cm³/mol. The van der Waals surface area contributed by atoms with E-state index in [-0.39, 0.29) is 17.9 Å². The largest absolute Gasteiger partial charge is 0.382 e. The second-order valence-corrected chi connectivity index (χ2v) is 8.70. The van der Waals surface area contributed by atoms with Gasteiger partial charge in [-0.15, -0.1) is 11.3 Å². The van der Waals surface area contributed by atoms with Gasteiger partial charge < -0.3 is 15.0 Å². The zero-order valence-electron chi connectivity index (χ0n) is 17.4. The molecule has 2 atom stereocenters. The highest BCUT2D eigenvalue weighted by Crippen LogP contribution is 2.44. The summed E-state index contributed by atoms with van der Waals surface area (Å²) in [5.74, 6) is -0.142. The lowest BCUT2D eigenvalue weighted by Crippen LogP contribution is -2.48. The van der Waals surface area contributed by atoms with E-state index in [4.69, 9.17) is 4.74 Å². The highest BCUT2D eigenvalue weighted by Gasteiger charge is 2.44. The van der Waals surface area contributed by atoms with Crippen molar-refractivity contribution in [2.24, 2.45) is 5.92 Å². The zero-order chi connectivity index (χ0) is 20.8. The molecule has 0 saturated carbocycles. The van der Waals surface area contributed by atoms with Gasteiger partial charge in [-0.1, -0.05) is 38.1 Å². The van der Waals surface area contributed by atoms with Gasteiger partial charge >= 0.3 is 0 Å². The molecule has 1 aromatic heterocycles. The zero-order valence-corrected chi connectivity index (χ0v) is 18.2. The second-order valence-electron chi connectivity index (χ2n) is 7.72. The standard InChI is InChI=1S/C23H30N2O3S/c1-4-28-13-8-12-24-22(26)20-17-9-5-6-10-18(17)23(27)25(15-16(2)3)21(20)19-11-7-14-29-19/h5-7,9-11,14,16,20-21H,4,8,12-13,15H2,1-3H3,(H,24,26). The maximum absolute atomic E-state index is 13.4. The summed E-state index contributed by atoms with van der Waals surface area (Å²) in [6.07, 6.45) is 0.770. The maximum Gasteiger partial charge on any atom is 0.254 e. The van der Waals surface area contributed by atoms with Crippen LogP contribution in [0.2, 0.25) is 0 Å². The summed E-state index contributed by atoms with van der Waals surface area (Å²) < 4.78 is 5.37. The van der Waals surface area contributed by atoms with Crippen molar-refractivity contribution >= 4 is 23.2 Å². The lowest BCUT2D eigenvalue weighted by molar-refractivity contribution is -0.124. The molecule has 2 unspecified atom stereocenters. The van der Waals surface area contributed by atoms with Crippen molar-refractivity contribution in [1.82, 2.24) is 10.2 Å². The first kappa shape index (κ1) is 21.5. The van der Waals surface area contributed by atoms with Gasteiger partial charge in [0.05, 0.1) is 12.0 Å². The number of nitrogens with one attached hydrogen (secondary N) is 1. The van der Waals surface area contributed by atoms with Crippen LogP contribution in [0.1, 0.15) is 60.0 Å². The van der Waals surface area contributed by atoms with Crippen molar-refractivity contribution in [3.63, 3.8) is 0 Å². The van der Waals surface area contributed by atoms with Gasteiger partial charge in [-0.05, 0) is 42.3 Å². The first-order valence-electron chi connectivity index (χ1n) is 10.3. The van der Waals surface area contributed by atoms with E-state index in [0.29, 0.717) is 37.8 Å². The minimum atomic E-state index is -0.423. The molecular weight excluding hydrogens is 384 g/mol. The van der Waals surface area contributed by atoms with E-state index in [1.54, 1.807) is 11.3 Å². The smallest absolute Gasteiger partial charge is 0.254 e. The molecule has 0 bridgehead atoms. The van der Waals surface area contributed by atoms with E-state index in [2.05, 4.69) is 19.2 Å². The molecule has 2 amide bonds. The number of carbonyl (C=O) groups is 2. The van der Waals surface area contributed by atoms with Gasteiger partial charge in [-0.2, -0.15) is 0 Å². The Morgan fingerprint density at radius 2 is 2.03 bits per heavy atom. The summed E-state index contributed by atoms with van der Waals surface area (Å²) in [6.45, 7) is 8.64.